The second-order valence-electron chi connectivity index (χ2n) is 9.87. The number of hydrogen-bond acceptors (Lipinski definition) is 5. The number of piperidine rings is 1. The van der Waals surface area contributed by atoms with Gasteiger partial charge >= 0.3 is 6.09 Å². The molecule has 8 nitrogen and oxygen atoms in total. The number of carboxylic acid groups (broad SMARTS) is 1. The highest BCUT2D eigenvalue weighted by molar-refractivity contribution is 6.06. The number of benzene rings is 1. The van der Waals surface area contributed by atoms with Gasteiger partial charge in [-0.25, -0.2) is 9.78 Å². The molecule has 1 aliphatic carbocycles. The maximum atomic E-state index is 13.2. The summed E-state index contributed by atoms with van der Waals surface area (Å²) in [6, 6.07) is 9.47. The minimum atomic E-state index is -0.964. The normalized spacial score (nSPS) is 21.8. The number of rotatable bonds is 8. The Kier molecular flexibility index (Phi) is 8.21. The molecule has 0 bridgehead atoms. The first-order valence-corrected chi connectivity index (χ1v) is 12.4. The molecule has 1 aromatic carbocycles. The highest BCUT2D eigenvalue weighted by Gasteiger charge is 2.23. The van der Waals surface area contributed by atoms with Gasteiger partial charge in [0.15, 0.2) is 0 Å². The van der Waals surface area contributed by atoms with Crippen LogP contribution in [0.2, 0.25) is 0 Å². The summed E-state index contributed by atoms with van der Waals surface area (Å²) >= 11 is 0. The van der Waals surface area contributed by atoms with E-state index in [-0.39, 0.29) is 5.91 Å². The average Bonchev–Trinajstić information content (AvgIpc) is 2.85. The first kappa shape index (κ1) is 24.3. The van der Waals surface area contributed by atoms with Gasteiger partial charge < -0.3 is 25.4 Å². The summed E-state index contributed by atoms with van der Waals surface area (Å²) in [5.74, 6) is 1.73. The standard InChI is InChI=1S/C26H36N4O4/c1-30-12-10-20(11-13-30)17-34-24-14-22(21-4-2-3-5-23(21)29-24)25(31)27-15-18-6-8-19(9-7-18)16-28-26(32)33/h2-5,14,18-20,28H,6-13,15-17H2,1H3,(H,27,31)(H,32,33)/t18-,19-. The number of likely N-dealkylation sites (tertiary alicyclic amines) is 1. The molecule has 2 aromatic rings. The highest BCUT2D eigenvalue weighted by Crippen LogP contribution is 2.28. The van der Waals surface area contributed by atoms with Crippen LogP contribution in [0.1, 0.15) is 48.9 Å². The Labute approximate surface area is 201 Å². The van der Waals surface area contributed by atoms with Crippen molar-refractivity contribution in [3.05, 3.63) is 35.9 Å². The van der Waals surface area contributed by atoms with E-state index >= 15 is 0 Å². The van der Waals surface area contributed by atoms with Crippen molar-refractivity contribution in [2.45, 2.75) is 38.5 Å². The van der Waals surface area contributed by atoms with Gasteiger partial charge in [0.25, 0.3) is 5.91 Å². The average molecular weight is 469 g/mol. The second-order valence-corrected chi connectivity index (χ2v) is 9.87. The van der Waals surface area contributed by atoms with Crippen LogP contribution in [0.5, 0.6) is 5.88 Å². The highest BCUT2D eigenvalue weighted by atomic mass is 16.5. The van der Waals surface area contributed by atoms with E-state index in [1.54, 1.807) is 6.07 Å². The molecule has 1 saturated carbocycles. The number of aromatic nitrogens is 1. The summed E-state index contributed by atoms with van der Waals surface area (Å²) in [6.45, 7) is 3.94. The molecule has 1 aromatic heterocycles. The van der Waals surface area contributed by atoms with Crippen LogP contribution in [0.3, 0.4) is 0 Å². The molecule has 0 radical (unpaired) electrons. The predicted molar refractivity (Wildman–Crippen MR) is 131 cm³/mol. The molecule has 1 saturated heterocycles. The fourth-order valence-corrected chi connectivity index (χ4v) is 5.05. The molecule has 0 unspecified atom stereocenters. The third-order valence-corrected chi connectivity index (χ3v) is 7.30. The summed E-state index contributed by atoms with van der Waals surface area (Å²) in [7, 11) is 2.15. The van der Waals surface area contributed by atoms with Crippen LogP contribution in [0, 0.1) is 17.8 Å². The smallest absolute Gasteiger partial charge is 0.404 e. The molecule has 0 spiro atoms. The third kappa shape index (κ3) is 6.59. The van der Waals surface area contributed by atoms with E-state index in [1.165, 1.54) is 0 Å². The van der Waals surface area contributed by atoms with Crippen molar-refractivity contribution in [1.29, 1.82) is 0 Å². The van der Waals surface area contributed by atoms with Crippen LogP contribution in [-0.4, -0.2) is 66.8 Å². The zero-order valence-electron chi connectivity index (χ0n) is 20.0. The third-order valence-electron chi connectivity index (χ3n) is 7.30. The molecule has 2 heterocycles. The van der Waals surface area contributed by atoms with E-state index < -0.39 is 6.09 Å². The Morgan fingerprint density at radius 2 is 1.65 bits per heavy atom. The van der Waals surface area contributed by atoms with Crippen molar-refractivity contribution < 1.29 is 19.4 Å². The van der Waals surface area contributed by atoms with Crippen molar-refractivity contribution in [3.8, 4) is 5.88 Å². The molecule has 184 valence electrons. The first-order valence-electron chi connectivity index (χ1n) is 12.4. The molecular weight excluding hydrogens is 432 g/mol. The summed E-state index contributed by atoms with van der Waals surface area (Å²) in [5.41, 5.74) is 1.36. The Morgan fingerprint density at radius 1 is 1.00 bits per heavy atom. The number of nitrogens with zero attached hydrogens (tertiary/aromatic N) is 2. The molecule has 8 heteroatoms. The van der Waals surface area contributed by atoms with Crippen LogP contribution < -0.4 is 15.4 Å². The van der Waals surface area contributed by atoms with Gasteiger partial charge in [-0.15, -0.1) is 0 Å². The summed E-state index contributed by atoms with van der Waals surface area (Å²) < 4.78 is 6.07. The lowest BCUT2D eigenvalue weighted by molar-refractivity contribution is 0.0941. The van der Waals surface area contributed by atoms with Crippen molar-refractivity contribution in [2.75, 3.05) is 39.8 Å². The van der Waals surface area contributed by atoms with Crippen LogP contribution in [-0.2, 0) is 0 Å². The van der Waals surface area contributed by atoms with Gasteiger partial charge in [0.05, 0.1) is 17.7 Å². The Hall–Kier alpha value is -2.87. The topological polar surface area (TPSA) is 104 Å². The number of para-hydroxylation sites is 1. The van der Waals surface area contributed by atoms with E-state index in [0.29, 0.717) is 48.9 Å². The minimum Gasteiger partial charge on any atom is -0.477 e. The van der Waals surface area contributed by atoms with Crippen LogP contribution in [0.25, 0.3) is 10.9 Å². The Bertz CT molecular complexity index is 982. The maximum absolute atomic E-state index is 13.2. The lowest BCUT2D eigenvalue weighted by atomic mass is 9.82. The van der Waals surface area contributed by atoms with Gasteiger partial charge in [-0.2, -0.15) is 0 Å². The lowest BCUT2D eigenvalue weighted by Gasteiger charge is -2.28. The molecule has 3 N–H and O–H groups in total. The monoisotopic (exact) mass is 468 g/mol. The zero-order chi connectivity index (χ0) is 23.9. The van der Waals surface area contributed by atoms with Crippen molar-refractivity contribution in [2.24, 2.45) is 17.8 Å². The molecule has 0 atom stereocenters. The number of nitrogens with one attached hydrogen (secondary N) is 2. The number of carbonyl (C=O) groups excluding carboxylic acids is 1. The van der Waals surface area contributed by atoms with Gasteiger partial charge in [-0.05, 0) is 82.5 Å². The van der Waals surface area contributed by atoms with Crippen molar-refractivity contribution in [1.82, 2.24) is 20.5 Å². The minimum absolute atomic E-state index is 0.0996. The largest absolute Gasteiger partial charge is 0.477 e. The fourth-order valence-electron chi connectivity index (χ4n) is 5.05. The fraction of sp³-hybridized carbons (Fsp3) is 0.577. The Balaban J connectivity index is 1.34. The first-order chi connectivity index (χ1) is 16.5. The van der Waals surface area contributed by atoms with Crippen LogP contribution >= 0.6 is 0 Å². The molecular formula is C26H36N4O4. The van der Waals surface area contributed by atoms with Crippen LogP contribution in [0.4, 0.5) is 4.79 Å². The number of ether oxygens (including phenoxy) is 1. The molecule has 2 fully saturated rings. The number of amides is 2. The van der Waals surface area contributed by atoms with Crippen LogP contribution in [0.15, 0.2) is 30.3 Å². The summed E-state index contributed by atoms with van der Waals surface area (Å²) in [6.07, 6.45) is 5.22. The van der Waals surface area contributed by atoms with Gasteiger partial charge in [0.1, 0.15) is 0 Å². The van der Waals surface area contributed by atoms with Gasteiger partial charge in [-0.3, -0.25) is 4.79 Å². The van der Waals surface area contributed by atoms with Gasteiger partial charge in [0.2, 0.25) is 5.88 Å². The molecule has 1 aliphatic heterocycles. The lowest BCUT2D eigenvalue weighted by Crippen LogP contribution is -2.34. The quantitative estimate of drug-likeness (QED) is 0.545. The molecule has 34 heavy (non-hydrogen) atoms. The molecule has 2 amide bonds. The van der Waals surface area contributed by atoms with E-state index in [1.807, 2.05) is 24.3 Å². The van der Waals surface area contributed by atoms with Crippen molar-refractivity contribution >= 4 is 22.9 Å². The number of carbonyl (C=O) groups is 2. The van der Waals surface area contributed by atoms with E-state index in [2.05, 4.69) is 27.6 Å². The molecule has 2 aliphatic rings. The predicted octanol–water partition coefficient (Wildman–Crippen LogP) is 3.76. The van der Waals surface area contributed by atoms with E-state index in [0.717, 1.165) is 62.5 Å². The maximum Gasteiger partial charge on any atom is 0.404 e. The van der Waals surface area contributed by atoms with E-state index in [9.17, 15) is 9.59 Å². The number of fused-ring (bicyclic) bond motifs is 1. The number of hydrogen-bond donors (Lipinski definition) is 3. The summed E-state index contributed by atoms with van der Waals surface area (Å²) in [4.78, 5) is 30.8. The van der Waals surface area contributed by atoms with E-state index in [4.69, 9.17) is 9.84 Å². The zero-order valence-corrected chi connectivity index (χ0v) is 20.0. The second kappa shape index (κ2) is 11.5. The van der Waals surface area contributed by atoms with Crippen molar-refractivity contribution in [3.63, 3.8) is 0 Å². The molecule has 4 rings (SSSR count). The van der Waals surface area contributed by atoms with Gasteiger partial charge in [-0.1, -0.05) is 18.2 Å². The van der Waals surface area contributed by atoms with Gasteiger partial charge in [0, 0.05) is 24.5 Å². The Morgan fingerprint density at radius 3 is 2.32 bits per heavy atom. The summed E-state index contributed by atoms with van der Waals surface area (Å²) in [5, 5.41) is 15.2. The number of pyridine rings is 1. The SMILES string of the molecule is CN1CCC(COc2cc(C(=O)NC[C@H]3CC[C@H](CNC(=O)O)CC3)c3ccccc3n2)CC1.